The van der Waals surface area contributed by atoms with Crippen LogP contribution in [0.25, 0.3) is 10.9 Å². The van der Waals surface area contributed by atoms with E-state index >= 15 is 0 Å². The Morgan fingerprint density at radius 2 is 1.93 bits per heavy atom. The van der Waals surface area contributed by atoms with Gasteiger partial charge in [0.15, 0.2) is 0 Å². The number of hydrogen-bond donors (Lipinski definition) is 2. The van der Waals surface area contributed by atoms with Crippen molar-refractivity contribution in [2.24, 2.45) is 7.05 Å². The molecule has 3 aromatic carbocycles. The topological polar surface area (TPSA) is 116 Å². The van der Waals surface area contributed by atoms with Crippen LogP contribution in [0.5, 0.6) is 5.75 Å². The van der Waals surface area contributed by atoms with Gasteiger partial charge in [-0.25, -0.2) is 17.9 Å². The molecule has 214 valence electrons. The number of nitrogens with one attached hydrogen (secondary N) is 2. The van der Waals surface area contributed by atoms with Crippen LogP contribution < -0.4 is 14.8 Å². The lowest BCUT2D eigenvalue weighted by Gasteiger charge is -2.13. The molecular weight excluding hydrogens is 542 g/mol. The molecule has 2 N–H and O–H groups in total. The number of carbonyl (C=O) groups excluding carboxylic acids is 2. The van der Waals surface area contributed by atoms with Gasteiger partial charge in [-0.2, -0.15) is 0 Å². The largest absolute Gasteiger partial charge is 0.496 e. The Morgan fingerprint density at radius 3 is 2.68 bits per heavy atom. The van der Waals surface area contributed by atoms with Crippen LogP contribution in [-0.4, -0.2) is 38.2 Å². The molecule has 2 amide bonds. The third-order valence-corrected chi connectivity index (χ3v) is 8.12. The molecule has 1 aliphatic carbocycles. The van der Waals surface area contributed by atoms with E-state index in [9.17, 15) is 18.0 Å². The van der Waals surface area contributed by atoms with Gasteiger partial charge < -0.3 is 14.0 Å². The standard InChI is InChI=1S/C31H33N3O6S/c1-20-7-6-10-26(15-20)41(37,38)33-30(35)22-12-11-21(29(17-22)39-3)16-23-19-34(2)28-14-13-24(18-27(23)28)32-31(36)40-25-8-4-5-9-25/h6-7,10-15,17-19,25H,4-5,8-9,16H2,1-3H3,(H,32,36)(H,33,35)/i1D3,6D,7D,10D,15D. The highest BCUT2D eigenvalue weighted by atomic mass is 32.2. The molecule has 1 saturated carbocycles. The average Bonchev–Trinajstić information content (AvgIpc) is 3.62. The van der Waals surface area contributed by atoms with Gasteiger partial charge in [0.1, 0.15) is 11.9 Å². The summed E-state index contributed by atoms with van der Waals surface area (Å²) >= 11 is 0. The summed E-state index contributed by atoms with van der Waals surface area (Å²) < 4.78 is 95.9. The Bertz CT molecular complexity index is 2040. The zero-order chi connectivity index (χ0) is 35.1. The number of anilines is 1. The fourth-order valence-corrected chi connectivity index (χ4v) is 5.81. The number of aromatic nitrogens is 1. The minimum atomic E-state index is -5.02. The number of aryl methyl sites for hydroxylation is 1. The smallest absolute Gasteiger partial charge is 0.411 e. The van der Waals surface area contributed by atoms with Crippen molar-refractivity contribution in [1.82, 2.24) is 9.29 Å². The molecule has 1 aliphatic rings. The average molecular weight is 583 g/mol. The van der Waals surface area contributed by atoms with Crippen molar-refractivity contribution in [3.8, 4) is 5.75 Å². The van der Waals surface area contributed by atoms with E-state index in [0.29, 0.717) is 17.7 Å². The van der Waals surface area contributed by atoms with Crippen LogP contribution in [0.4, 0.5) is 10.5 Å². The molecule has 0 radical (unpaired) electrons. The van der Waals surface area contributed by atoms with E-state index in [1.54, 1.807) is 16.9 Å². The van der Waals surface area contributed by atoms with Crippen LogP contribution >= 0.6 is 0 Å². The highest BCUT2D eigenvalue weighted by Gasteiger charge is 2.21. The number of carbonyl (C=O) groups is 2. The van der Waals surface area contributed by atoms with Crippen molar-refractivity contribution in [2.75, 3.05) is 12.4 Å². The second-order valence-corrected chi connectivity index (χ2v) is 11.4. The minimum absolute atomic E-state index is 0.0791. The quantitative estimate of drug-likeness (QED) is 0.276. The first-order chi connectivity index (χ1) is 22.5. The van der Waals surface area contributed by atoms with Gasteiger partial charge in [0.05, 0.1) is 17.5 Å². The number of amides is 2. The summed E-state index contributed by atoms with van der Waals surface area (Å²) in [4.78, 5) is 24.4. The number of methoxy groups -OCH3 is 1. The third kappa shape index (κ3) is 6.38. The molecule has 1 aromatic heterocycles. The van der Waals surface area contributed by atoms with Crippen LogP contribution in [0.1, 0.15) is 62.3 Å². The maximum Gasteiger partial charge on any atom is 0.411 e. The predicted octanol–water partition coefficient (Wildman–Crippen LogP) is 5.70. The zero-order valence-electron chi connectivity index (χ0n) is 29.5. The second kappa shape index (κ2) is 11.7. The summed E-state index contributed by atoms with van der Waals surface area (Å²) in [6.45, 7) is -3.11. The van der Waals surface area contributed by atoms with Crippen molar-refractivity contribution in [3.05, 3.63) is 89.0 Å². The fraction of sp³-hybridized carbons (Fsp3) is 0.290. The lowest BCUT2D eigenvalue weighted by molar-refractivity contribution is 0.0980. The predicted molar refractivity (Wildman–Crippen MR) is 157 cm³/mol. The lowest BCUT2D eigenvalue weighted by Crippen LogP contribution is -2.30. The zero-order valence-corrected chi connectivity index (χ0v) is 23.3. The van der Waals surface area contributed by atoms with Crippen LogP contribution in [0.3, 0.4) is 0 Å². The number of benzene rings is 3. The van der Waals surface area contributed by atoms with Gasteiger partial charge in [0, 0.05) is 45.9 Å². The summed E-state index contributed by atoms with van der Waals surface area (Å²) in [5.41, 5.74) is 1.82. The molecular formula is C31H33N3O6S. The Morgan fingerprint density at radius 1 is 1.12 bits per heavy atom. The molecule has 10 heteroatoms. The Balaban J connectivity index is 1.39. The summed E-state index contributed by atoms with van der Waals surface area (Å²) in [5, 5.41) is 3.65. The first-order valence-corrected chi connectivity index (χ1v) is 14.4. The monoisotopic (exact) mass is 582 g/mol. The molecule has 0 bridgehead atoms. The number of sulfonamides is 1. The molecule has 0 aliphatic heterocycles. The summed E-state index contributed by atoms with van der Waals surface area (Å²) in [6, 6.07) is 5.56. The van der Waals surface area contributed by atoms with Gasteiger partial charge in [-0.05, 0) is 91.6 Å². The molecule has 0 atom stereocenters. The van der Waals surface area contributed by atoms with Gasteiger partial charge in [0.25, 0.3) is 15.9 Å². The lowest BCUT2D eigenvalue weighted by atomic mass is 10.0. The number of rotatable bonds is 8. The summed E-state index contributed by atoms with van der Waals surface area (Å²) in [6.07, 6.45) is 5.45. The van der Waals surface area contributed by atoms with Crippen molar-refractivity contribution in [1.29, 1.82) is 0 Å². The van der Waals surface area contributed by atoms with E-state index in [0.717, 1.165) is 42.1 Å². The summed E-state index contributed by atoms with van der Waals surface area (Å²) in [7, 11) is -1.76. The van der Waals surface area contributed by atoms with Crippen LogP contribution in [0, 0.1) is 6.85 Å². The van der Waals surface area contributed by atoms with Crippen molar-refractivity contribution < 1.29 is 37.1 Å². The molecule has 0 spiro atoms. The summed E-state index contributed by atoms with van der Waals surface area (Å²) in [5.74, 6) is -0.897. The molecule has 1 fully saturated rings. The van der Waals surface area contributed by atoms with Gasteiger partial charge in [-0.15, -0.1) is 0 Å². The highest BCUT2D eigenvalue weighted by Crippen LogP contribution is 2.30. The first kappa shape index (κ1) is 20.5. The molecule has 0 unspecified atom stereocenters. The fourth-order valence-electron chi connectivity index (χ4n) is 4.93. The number of hydrogen-bond acceptors (Lipinski definition) is 6. The van der Waals surface area contributed by atoms with Gasteiger partial charge in [0.2, 0.25) is 0 Å². The van der Waals surface area contributed by atoms with E-state index in [4.69, 9.17) is 19.1 Å². The molecule has 9 nitrogen and oxygen atoms in total. The Hall–Kier alpha value is -4.31. The number of ether oxygens (including phenoxy) is 2. The van der Waals surface area contributed by atoms with Crippen molar-refractivity contribution in [3.63, 3.8) is 0 Å². The van der Waals surface area contributed by atoms with Crippen molar-refractivity contribution >= 4 is 38.6 Å². The Labute approximate surface area is 249 Å². The van der Waals surface area contributed by atoms with E-state index in [-0.39, 0.29) is 17.4 Å². The molecule has 1 heterocycles. The van der Waals surface area contributed by atoms with Crippen LogP contribution in [-0.2, 0) is 28.2 Å². The number of nitrogens with zero attached hydrogens (tertiary/aromatic N) is 1. The second-order valence-electron chi connectivity index (χ2n) is 9.78. The van der Waals surface area contributed by atoms with Gasteiger partial charge >= 0.3 is 6.09 Å². The van der Waals surface area contributed by atoms with Gasteiger partial charge in [-0.3, -0.25) is 10.1 Å². The highest BCUT2D eigenvalue weighted by molar-refractivity contribution is 7.90. The maximum atomic E-state index is 13.2. The van der Waals surface area contributed by atoms with E-state index in [1.165, 1.54) is 19.2 Å². The molecule has 4 aromatic rings. The third-order valence-electron chi connectivity index (χ3n) is 6.92. The molecule has 0 saturated heterocycles. The van der Waals surface area contributed by atoms with Crippen LogP contribution in [0.2, 0.25) is 0 Å². The van der Waals surface area contributed by atoms with E-state index < -0.39 is 63.5 Å². The number of fused-ring (bicyclic) bond motifs is 1. The normalized spacial score (nSPS) is 16.5. The van der Waals surface area contributed by atoms with E-state index in [1.807, 2.05) is 29.9 Å². The minimum Gasteiger partial charge on any atom is -0.496 e. The Kier molecular flexibility index (Phi) is 5.84. The maximum absolute atomic E-state index is 13.2. The SMILES string of the molecule is [2H]c1c([2H])c(C([2H])([2H])[2H])c([2H])c(S(=O)(=O)NC(=O)c2ccc(Cc3cn(C)c4ccc(NC(=O)OC5CCCC5)cc34)c(OC)c2)c1[2H]. The first-order valence-electron chi connectivity index (χ1n) is 16.4. The van der Waals surface area contributed by atoms with Crippen molar-refractivity contribution in [2.45, 2.75) is 50.0 Å². The molecule has 5 rings (SSSR count). The van der Waals surface area contributed by atoms with E-state index in [2.05, 4.69) is 5.32 Å². The van der Waals surface area contributed by atoms with Crippen LogP contribution in [0.15, 0.2) is 71.7 Å². The van der Waals surface area contributed by atoms with Gasteiger partial charge in [-0.1, -0.05) is 18.2 Å². The molecule has 41 heavy (non-hydrogen) atoms.